The molecule has 0 aromatic heterocycles. The Kier molecular flexibility index (Phi) is 6.58. The largest absolute Gasteiger partial charge is 0.316 e. The van der Waals surface area contributed by atoms with Crippen LogP contribution in [0.15, 0.2) is 0 Å². The lowest BCUT2D eigenvalue weighted by molar-refractivity contribution is 0.224. The van der Waals surface area contributed by atoms with E-state index in [4.69, 9.17) is 5.26 Å². The predicted molar refractivity (Wildman–Crippen MR) is 72.7 cm³/mol. The molecule has 0 heterocycles. The van der Waals surface area contributed by atoms with Gasteiger partial charge in [-0.05, 0) is 50.0 Å². The molecule has 0 saturated heterocycles. The van der Waals surface area contributed by atoms with Crippen LogP contribution >= 0.6 is 0 Å². The van der Waals surface area contributed by atoms with Crippen molar-refractivity contribution >= 4 is 0 Å². The third kappa shape index (κ3) is 5.55. The molecule has 0 atom stereocenters. The number of hydrogen-bond donors (Lipinski definition) is 1. The number of unbranched alkanes of at least 4 members (excludes halogenated alkanes) is 2. The SMILES string of the molecule is CC(C)CC1(CNCCCCC#N)CCCC1. The molecule has 1 saturated carbocycles. The minimum atomic E-state index is 0.587. The second kappa shape index (κ2) is 7.71. The summed E-state index contributed by atoms with van der Waals surface area (Å²) in [6, 6.07) is 2.21. The van der Waals surface area contributed by atoms with Crippen molar-refractivity contribution < 1.29 is 0 Å². The maximum Gasteiger partial charge on any atom is 0.0621 e. The number of nitrogens with zero attached hydrogens (tertiary/aromatic N) is 1. The fourth-order valence-electron chi connectivity index (χ4n) is 3.25. The monoisotopic (exact) mass is 236 g/mol. The van der Waals surface area contributed by atoms with Crippen LogP contribution in [0, 0.1) is 22.7 Å². The van der Waals surface area contributed by atoms with Gasteiger partial charge in [-0.1, -0.05) is 26.7 Å². The summed E-state index contributed by atoms with van der Waals surface area (Å²) < 4.78 is 0. The molecule has 17 heavy (non-hydrogen) atoms. The molecule has 98 valence electrons. The summed E-state index contributed by atoms with van der Waals surface area (Å²) in [4.78, 5) is 0. The van der Waals surface area contributed by atoms with Crippen molar-refractivity contribution in [3.63, 3.8) is 0 Å². The highest BCUT2D eigenvalue weighted by molar-refractivity contribution is 4.87. The zero-order valence-corrected chi connectivity index (χ0v) is 11.6. The first-order valence-corrected chi connectivity index (χ1v) is 7.26. The van der Waals surface area contributed by atoms with Crippen LogP contribution in [-0.2, 0) is 0 Å². The molecule has 2 nitrogen and oxygen atoms in total. The normalized spacial score (nSPS) is 18.5. The van der Waals surface area contributed by atoms with Crippen LogP contribution in [0.3, 0.4) is 0 Å². The van der Waals surface area contributed by atoms with E-state index in [1.165, 1.54) is 38.6 Å². The van der Waals surface area contributed by atoms with E-state index in [0.29, 0.717) is 11.8 Å². The van der Waals surface area contributed by atoms with E-state index in [-0.39, 0.29) is 0 Å². The summed E-state index contributed by atoms with van der Waals surface area (Å²) in [5.74, 6) is 0.813. The molecule has 1 fully saturated rings. The lowest BCUT2D eigenvalue weighted by Gasteiger charge is -2.31. The quantitative estimate of drug-likeness (QED) is 0.649. The van der Waals surface area contributed by atoms with Crippen LogP contribution in [0.4, 0.5) is 0 Å². The van der Waals surface area contributed by atoms with Gasteiger partial charge in [-0.25, -0.2) is 0 Å². The number of nitrogens with one attached hydrogen (secondary N) is 1. The molecule has 1 N–H and O–H groups in total. The van der Waals surface area contributed by atoms with Crippen molar-refractivity contribution in [1.29, 1.82) is 5.26 Å². The Hall–Kier alpha value is -0.550. The number of nitriles is 1. The molecular formula is C15H28N2. The molecule has 1 aliphatic rings. The smallest absolute Gasteiger partial charge is 0.0621 e. The van der Waals surface area contributed by atoms with E-state index in [0.717, 1.165) is 25.3 Å². The molecule has 0 unspecified atom stereocenters. The van der Waals surface area contributed by atoms with E-state index in [1.54, 1.807) is 0 Å². The van der Waals surface area contributed by atoms with Crippen molar-refractivity contribution in [3.05, 3.63) is 0 Å². The Bertz CT molecular complexity index is 234. The van der Waals surface area contributed by atoms with Gasteiger partial charge in [0, 0.05) is 13.0 Å². The molecule has 2 heteroatoms. The van der Waals surface area contributed by atoms with Gasteiger partial charge in [0.2, 0.25) is 0 Å². The molecular weight excluding hydrogens is 208 g/mol. The van der Waals surface area contributed by atoms with Crippen LogP contribution in [0.2, 0.25) is 0 Å². The molecule has 0 spiro atoms. The Morgan fingerprint density at radius 2 is 1.94 bits per heavy atom. The summed E-state index contributed by atoms with van der Waals surface area (Å²) >= 11 is 0. The molecule has 0 amide bonds. The fourth-order valence-corrected chi connectivity index (χ4v) is 3.25. The average molecular weight is 236 g/mol. The van der Waals surface area contributed by atoms with Gasteiger partial charge < -0.3 is 5.32 Å². The maximum absolute atomic E-state index is 8.47. The van der Waals surface area contributed by atoms with Crippen LogP contribution in [-0.4, -0.2) is 13.1 Å². The van der Waals surface area contributed by atoms with E-state index >= 15 is 0 Å². The van der Waals surface area contributed by atoms with E-state index in [1.807, 2.05) is 0 Å². The zero-order valence-electron chi connectivity index (χ0n) is 11.6. The Balaban J connectivity index is 2.19. The van der Waals surface area contributed by atoms with Crippen LogP contribution in [0.1, 0.15) is 65.2 Å². The molecule has 0 bridgehead atoms. The molecule has 1 rings (SSSR count). The topological polar surface area (TPSA) is 35.8 Å². The summed E-state index contributed by atoms with van der Waals surface area (Å²) in [6.07, 6.45) is 9.93. The van der Waals surface area contributed by atoms with Crippen molar-refractivity contribution in [1.82, 2.24) is 5.32 Å². The van der Waals surface area contributed by atoms with Crippen molar-refractivity contribution in [2.45, 2.75) is 65.2 Å². The lowest BCUT2D eigenvalue weighted by Crippen LogP contribution is -2.33. The first-order valence-electron chi connectivity index (χ1n) is 7.26. The highest BCUT2D eigenvalue weighted by Crippen LogP contribution is 2.42. The average Bonchev–Trinajstić information content (AvgIpc) is 2.71. The van der Waals surface area contributed by atoms with Gasteiger partial charge in [0.25, 0.3) is 0 Å². The van der Waals surface area contributed by atoms with Gasteiger partial charge in [-0.15, -0.1) is 0 Å². The van der Waals surface area contributed by atoms with Gasteiger partial charge in [0.1, 0.15) is 0 Å². The first kappa shape index (κ1) is 14.5. The molecule has 0 radical (unpaired) electrons. The third-order valence-electron chi connectivity index (χ3n) is 3.90. The highest BCUT2D eigenvalue weighted by atomic mass is 14.9. The van der Waals surface area contributed by atoms with Gasteiger partial charge in [-0.3, -0.25) is 0 Å². The van der Waals surface area contributed by atoms with Crippen LogP contribution in [0.25, 0.3) is 0 Å². The van der Waals surface area contributed by atoms with Crippen LogP contribution < -0.4 is 5.32 Å². The number of rotatable bonds is 8. The predicted octanol–water partition coefficient (Wildman–Crippen LogP) is 3.88. The Morgan fingerprint density at radius 3 is 2.53 bits per heavy atom. The van der Waals surface area contributed by atoms with Gasteiger partial charge in [0.15, 0.2) is 0 Å². The highest BCUT2D eigenvalue weighted by Gasteiger charge is 2.33. The zero-order chi connectivity index (χ0) is 12.6. The summed E-state index contributed by atoms with van der Waals surface area (Å²) in [7, 11) is 0. The minimum absolute atomic E-state index is 0.587. The molecule has 1 aliphatic carbocycles. The summed E-state index contributed by atoms with van der Waals surface area (Å²) in [6.45, 7) is 6.96. The van der Waals surface area contributed by atoms with Crippen molar-refractivity contribution in [2.24, 2.45) is 11.3 Å². The third-order valence-corrected chi connectivity index (χ3v) is 3.90. The molecule has 0 aliphatic heterocycles. The van der Waals surface area contributed by atoms with Crippen molar-refractivity contribution in [3.8, 4) is 6.07 Å². The van der Waals surface area contributed by atoms with Gasteiger partial charge in [-0.2, -0.15) is 5.26 Å². The second-order valence-corrected chi connectivity index (χ2v) is 6.10. The van der Waals surface area contributed by atoms with E-state index in [2.05, 4.69) is 25.2 Å². The van der Waals surface area contributed by atoms with Gasteiger partial charge >= 0.3 is 0 Å². The second-order valence-electron chi connectivity index (χ2n) is 6.10. The Labute approximate surface area is 107 Å². The molecule has 0 aromatic rings. The maximum atomic E-state index is 8.47. The minimum Gasteiger partial charge on any atom is -0.316 e. The van der Waals surface area contributed by atoms with Crippen LogP contribution in [0.5, 0.6) is 0 Å². The fraction of sp³-hybridized carbons (Fsp3) is 0.933. The lowest BCUT2D eigenvalue weighted by atomic mass is 9.78. The van der Waals surface area contributed by atoms with E-state index < -0.39 is 0 Å². The standard InChI is InChI=1S/C15H28N2/c1-14(2)12-15(8-4-5-9-15)13-17-11-7-3-6-10-16/h14,17H,3-9,11-13H2,1-2H3. The number of hydrogen-bond acceptors (Lipinski definition) is 2. The molecule has 0 aromatic carbocycles. The Morgan fingerprint density at radius 1 is 1.24 bits per heavy atom. The van der Waals surface area contributed by atoms with Gasteiger partial charge in [0.05, 0.1) is 6.07 Å². The van der Waals surface area contributed by atoms with Crippen molar-refractivity contribution in [2.75, 3.05) is 13.1 Å². The summed E-state index contributed by atoms with van der Waals surface area (Å²) in [5.41, 5.74) is 0.587. The summed E-state index contributed by atoms with van der Waals surface area (Å²) in [5, 5.41) is 12.1. The first-order chi connectivity index (χ1) is 8.18. The van der Waals surface area contributed by atoms with E-state index in [9.17, 15) is 0 Å².